The van der Waals surface area contributed by atoms with Crippen molar-refractivity contribution in [2.75, 3.05) is 19.8 Å². The lowest BCUT2D eigenvalue weighted by molar-refractivity contribution is 0.260. The van der Waals surface area contributed by atoms with Crippen LogP contribution in [0.3, 0.4) is 0 Å². The molecule has 114 valence electrons. The van der Waals surface area contributed by atoms with Gasteiger partial charge in [0.05, 0.1) is 31.6 Å². The van der Waals surface area contributed by atoms with Gasteiger partial charge in [-0.25, -0.2) is 0 Å². The molecule has 1 aromatic rings. The van der Waals surface area contributed by atoms with Crippen molar-refractivity contribution in [1.82, 2.24) is 0 Å². The summed E-state index contributed by atoms with van der Waals surface area (Å²) < 4.78 is 16.9. The van der Waals surface area contributed by atoms with Crippen molar-refractivity contribution < 1.29 is 14.2 Å². The van der Waals surface area contributed by atoms with Crippen LogP contribution in [0.15, 0.2) is 17.7 Å². The second kappa shape index (κ2) is 8.05. The fourth-order valence-corrected chi connectivity index (χ4v) is 1.82. The first-order valence-corrected chi connectivity index (χ1v) is 7.02. The fraction of sp³-hybridized carbons (Fsp3) is 0.438. The van der Waals surface area contributed by atoms with Crippen LogP contribution in [0, 0.1) is 11.3 Å². The molecule has 2 N–H and O–H groups in total. The minimum Gasteiger partial charge on any atom is -0.490 e. The Hall–Kier alpha value is -2.35. The predicted molar refractivity (Wildman–Crippen MR) is 82.3 cm³/mol. The molecule has 0 unspecified atom stereocenters. The standard InChI is InChI=1S/C16H22N2O3/c1-5-19-13-8-12(15(18)11(4)10-17)9-14(20-6-2)16(13)21-7-3/h8-9H,5-7,18H2,1-4H3/b15-11+. The lowest BCUT2D eigenvalue weighted by Crippen LogP contribution is -2.06. The van der Waals surface area contributed by atoms with E-state index in [2.05, 4.69) is 0 Å². The van der Waals surface area contributed by atoms with Crippen molar-refractivity contribution in [3.63, 3.8) is 0 Å². The summed E-state index contributed by atoms with van der Waals surface area (Å²) in [4.78, 5) is 0. The van der Waals surface area contributed by atoms with Crippen LogP contribution < -0.4 is 19.9 Å². The quantitative estimate of drug-likeness (QED) is 0.781. The van der Waals surface area contributed by atoms with Gasteiger partial charge in [0.15, 0.2) is 11.5 Å². The zero-order valence-corrected chi connectivity index (χ0v) is 13.0. The number of rotatable bonds is 7. The summed E-state index contributed by atoms with van der Waals surface area (Å²) in [6, 6.07) is 5.59. The Labute approximate surface area is 125 Å². The van der Waals surface area contributed by atoms with Gasteiger partial charge in [-0.05, 0) is 39.8 Å². The van der Waals surface area contributed by atoms with E-state index in [4.69, 9.17) is 25.2 Å². The van der Waals surface area contributed by atoms with Gasteiger partial charge in [0, 0.05) is 11.1 Å². The first-order valence-electron chi connectivity index (χ1n) is 7.02. The van der Waals surface area contributed by atoms with E-state index in [0.29, 0.717) is 53.9 Å². The van der Waals surface area contributed by atoms with Gasteiger partial charge in [0.25, 0.3) is 0 Å². The molecule has 21 heavy (non-hydrogen) atoms. The lowest BCUT2D eigenvalue weighted by atomic mass is 10.1. The average molecular weight is 290 g/mol. The molecule has 0 aliphatic rings. The number of ether oxygens (including phenoxy) is 3. The molecule has 0 aliphatic carbocycles. The van der Waals surface area contributed by atoms with Gasteiger partial charge in [0.2, 0.25) is 5.75 Å². The van der Waals surface area contributed by atoms with Crippen LogP contribution in [0.25, 0.3) is 5.70 Å². The zero-order valence-electron chi connectivity index (χ0n) is 13.0. The highest BCUT2D eigenvalue weighted by atomic mass is 16.5. The third-order valence-electron chi connectivity index (χ3n) is 2.79. The summed E-state index contributed by atoms with van der Waals surface area (Å²) in [5.74, 6) is 1.69. The van der Waals surface area contributed by atoms with Crippen molar-refractivity contribution in [2.24, 2.45) is 5.73 Å². The van der Waals surface area contributed by atoms with Crippen LogP contribution >= 0.6 is 0 Å². The molecule has 1 aromatic carbocycles. The van der Waals surface area contributed by atoms with Crippen LogP contribution in [0.4, 0.5) is 0 Å². The Morgan fingerprint density at radius 3 is 1.90 bits per heavy atom. The van der Waals surface area contributed by atoms with Gasteiger partial charge in [-0.3, -0.25) is 0 Å². The number of hydrogen-bond donors (Lipinski definition) is 1. The molecule has 0 saturated heterocycles. The maximum atomic E-state index is 8.98. The van der Waals surface area contributed by atoms with Gasteiger partial charge in [0.1, 0.15) is 0 Å². The largest absolute Gasteiger partial charge is 0.490 e. The highest BCUT2D eigenvalue weighted by molar-refractivity contribution is 5.73. The molecule has 5 heteroatoms. The Morgan fingerprint density at radius 2 is 1.52 bits per heavy atom. The summed E-state index contributed by atoms with van der Waals surface area (Å²) in [6.45, 7) is 8.85. The van der Waals surface area contributed by atoms with Gasteiger partial charge in [-0.1, -0.05) is 0 Å². The van der Waals surface area contributed by atoms with E-state index in [1.165, 1.54) is 0 Å². The normalized spacial score (nSPS) is 11.4. The Balaban J connectivity index is 3.46. The molecular weight excluding hydrogens is 268 g/mol. The highest BCUT2D eigenvalue weighted by Crippen LogP contribution is 2.40. The number of benzene rings is 1. The summed E-state index contributed by atoms with van der Waals surface area (Å²) in [5, 5.41) is 8.98. The summed E-state index contributed by atoms with van der Waals surface area (Å²) >= 11 is 0. The average Bonchev–Trinajstić information content (AvgIpc) is 2.49. The van der Waals surface area contributed by atoms with Crippen LogP contribution in [-0.2, 0) is 0 Å². The Kier molecular flexibility index (Phi) is 6.41. The molecule has 0 saturated carbocycles. The SMILES string of the molecule is CCOc1cc(/C(N)=C(/C)C#N)cc(OCC)c1OCC. The van der Waals surface area contributed by atoms with E-state index in [9.17, 15) is 0 Å². The van der Waals surface area contributed by atoms with Gasteiger partial charge in [-0.2, -0.15) is 5.26 Å². The Morgan fingerprint density at radius 1 is 1.05 bits per heavy atom. The van der Waals surface area contributed by atoms with E-state index >= 15 is 0 Å². The fourth-order valence-electron chi connectivity index (χ4n) is 1.82. The monoisotopic (exact) mass is 290 g/mol. The van der Waals surface area contributed by atoms with Crippen molar-refractivity contribution in [2.45, 2.75) is 27.7 Å². The third-order valence-corrected chi connectivity index (χ3v) is 2.79. The van der Waals surface area contributed by atoms with Crippen LogP contribution in [0.1, 0.15) is 33.3 Å². The predicted octanol–water partition coefficient (Wildman–Crippen LogP) is 3.10. The van der Waals surface area contributed by atoms with Crippen molar-refractivity contribution in [1.29, 1.82) is 5.26 Å². The molecular formula is C16H22N2O3. The first kappa shape index (κ1) is 16.7. The van der Waals surface area contributed by atoms with E-state index in [1.54, 1.807) is 19.1 Å². The minimum absolute atomic E-state index is 0.405. The maximum Gasteiger partial charge on any atom is 0.203 e. The number of allylic oxidation sites excluding steroid dienone is 1. The zero-order chi connectivity index (χ0) is 15.8. The van der Waals surface area contributed by atoms with Crippen molar-refractivity contribution >= 4 is 5.70 Å². The van der Waals surface area contributed by atoms with E-state index in [1.807, 2.05) is 26.8 Å². The maximum absolute atomic E-state index is 8.98. The summed E-state index contributed by atoms with van der Waals surface area (Å²) in [6.07, 6.45) is 0. The highest BCUT2D eigenvalue weighted by Gasteiger charge is 2.16. The molecule has 0 bridgehead atoms. The topological polar surface area (TPSA) is 77.5 Å². The van der Waals surface area contributed by atoms with Gasteiger partial charge < -0.3 is 19.9 Å². The second-order valence-electron chi connectivity index (χ2n) is 4.25. The molecule has 0 heterocycles. The summed E-state index contributed by atoms with van der Waals surface area (Å²) in [7, 11) is 0. The number of nitrogens with zero attached hydrogens (tertiary/aromatic N) is 1. The van der Waals surface area contributed by atoms with Crippen molar-refractivity contribution in [3.8, 4) is 23.3 Å². The first-order chi connectivity index (χ1) is 10.1. The smallest absolute Gasteiger partial charge is 0.203 e. The lowest BCUT2D eigenvalue weighted by Gasteiger charge is -2.17. The number of nitriles is 1. The molecule has 1 rings (SSSR count). The molecule has 0 fully saturated rings. The van der Waals surface area contributed by atoms with Crippen LogP contribution in [0.2, 0.25) is 0 Å². The van der Waals surface area contributed by atoms with Crippen LogP contribution in [-0.4, -0.2) is 19.8 Å². The Bertz CT molecular complexity index is 532. The summed E-state index contributed by atoms with van der Waals surface area (Å²) in [5.41, 5.74) is 7.55. The minimum atomic E-state index is 0.405. The van der Waals surface area contributed by atoms with Crippen LogP contribution in [0.5, 0.6) is 17.2 Å². The van der Waals surface area contributed by atoms with E-state index < -0.39 is 0 Å². The molecule has 0 radical (unpaired) electrons. The molecule has 0 aromatic heterocycles. The van der Waals surface area contributed by atoms with Crippen molar-refractivity contribution in [3.05, 3.63) is 23.3 Å². The molecule has 0 aliphatic heterocycles. The van der Waals surface area contributed by atoms with E-state index in [0.717, 1.165) is 0 Å². The molecule has 0 amide bonds. The second-order valence-corrected chi connectivity index (χ2v) is 4.25. The third kappa shape index (κ3) is 4.06. The van der Waals surface area contributed by atoms with Gasteiger partial charge >= 0.3 is 0 Å². The molecule has 0 atom stereocenters. The van der Waals surface area contributed by atoms with Gasteiger partial charge in [-0.15, -0.1) is 0 Å². The molecule has 0 spiro atoms. The number of nitrogens with two attached hydrogens (primary N) is 1. The number of hydrogen-bond acceptors (Lipinski definition) is 5. The van der Waals surface area contributed by atoms with E-state index in [-0.39, 0.29) is 0 Å². The molecule has 5 nitrogen and oxygen atoms in total.